The zero-order valence-corrected chi connectivity index (χ0v) is 15.4. The van der Waals surface area contributed by atoms with Crippen LogP contribution in [0.15, 0.2) is 0 Å². The topological polar surface area (TPSA) is 82.3 Å². The first-order valence-electron chi connectivity index (χ1n) is 9.81. The summed E-state index contributed by atoms with van der Waals surface area (Å²) in [6, 6.07) is 0. The van der Waals surface area contributed by atoms with Crippen molar-refractivity contribution in [3.63, 3.8) is 0 Å². The van der Waals surface area contributed by atoms with Crippen LogP contribution in [-0.4, -0.2) is 57.0 Å². The van der Waals surface area contributed by atoms with E-state index >= 15 is 0 Å². The molecule has 0 aliphatic carbocycles. The van der Waals surface area contributed by atoms with Crippen LogP contribution in [0.5, 0.6) is 0 Å². The molecule has 5 heteroatoms. The minimum absolute atomic E-state index is 0.174. The Hall–Kier alpha value is -0.200. The van der Waals surface area contributed by atoms with Crippen molar-refractivity contribution in [2.75, 3.05) is 45.8 Å². The first-order valence-corrected chi connectivity index (χ1v) is 9.81. The molecule has 0 radical (unpaired) electrons. The second-order valence-corrected chi connectivity index (χ2v) is 6.41. The Morgan fingerprint density at radius 3 is 2.00 bits per heavy atom. The Morgan fingerprint density at radius 1 is 0.739 bits per heavy atom. The van der Waals surface area contributed by atoms with Crippen LogP contribution >= 0.6 is 0 Å². The first-order chi connectivity index (χ1) is 11.3. The summed E-state index contributed by atoms with van der Waals surface area (Å²) in [5.41, 5.74) is 5.44. The molecule has 0 bridgehead atoms. The second kappa shape index (κ2) is 19.8. The van der Waals surface area contributed by atoms with Crippen molar-refractivity contribution in [2.45, 2.75) is 70.8 Å². The van der Waals surface area contributed by atoms with E-state index in [1.165, 1.54) is 32.1 Å². The predicted octanol–water partition coefficient (Wildman–Crippen LogP) is 1.61. The van der Waals surface area contributed by atoms with Gasteiger partial charge in [0.2, 0.25) is 0 Å². The van der Waals surface area contributed by atoms with Gasteiger partial charge < -0.3 is 26.8 Å². The van der Waals surface area contributed by atoms with Gasteiger partial charge in [0.05, 0.1) is 6.10 Å². The number of nitrogens with one attached hydrogen (secondary N) is 3. The van der Waals surface area contributed by atoms with Gasteiger partial charge in [-0.1, -0.05) is 32.6 Å². The van der Waals surface area contributed by atoms with E-state index in [1.54, 1.807) is 0 Å². The van der Waals surface area contributed by atoms with E-state index in [0.29, 0.717) is 0 Å². The minimum Gasteiger partial charge on any atom is -0.392 e. The van der Waals surface area contributed by atoms with E-state index in [0.717, 1.165) is 71.5 Å². The van der Waals surface area contributed by atoms with Gasteiger partial charge in [0.15, 0.2) is 0 Å². The van der Waals surface area contributed by atoms with E-state index in [9.17, 15) is 5.11 Å². The summed E-state index contributed by atoms with van der Waals surface area (Å²) in [6.07, 6.45) is 10.3. The Kier molecular flexibility index (Phi) is 19.7. The van der Waals surface area contributed by atoms with Crippen LogP contribution in [0.1, 0.15) is 64.7 Å². The fourth-order valence-corrected chi connectivity index (χ4v) is 2.49. The van der Waals surface area contributed by atoms with Gasteiger partial charge in [-0.2, -0.15) is 0 Å². The third kappa shape index (κ3) is 19.8. The van der Waals surface area contributed by atoms with Crippen molar-refractivity contribution >= 4 is 0 Å². The van der Waals surface area contributed by atoms with Crippen molar-refractivity contribution < 1.29 is 5.11 Å². The molecule has 0 fully saturated rings. The summed E-state index contributed by atoms with van der Waals surface area (Å²) < 4.78 is 0. The monoisotopic (exact) mass is 330 g/mol. The third-order valence-corrected chi connectivity index (χ3v) is 3.99. The zero-order chi connectivity index (χ0) is 17.0. The number of hydrogen-bond donors (Lipinski definition) is 5. The van der Waals surface area contributed by atoms with Crippen LogP contribution in [0.2, 0.25) is 0 Å². The van der Waals surface area contributed by atoms with E-state index < -0.39 is 0 Å². The van der Waals surface area contributed by atoms with Crippen LogP contribution < -0.4 is 21.7 Å². The van der Waals surface area contributed by atoms with Crippen molar-refractivity contribution in [3.8, 4) is 0 Å². The summed E-state index contributed by atoms with van der Waals surface area (Å²) in [7, 11) is 0. The van der Waals surface area contributed by atoms with Gasteiger partial charge in [-0.05, 0) is 71.4 Å². The Balaban J connectivity index is 3.07. The Labute approximate surface area is 144 Å². The van der Waals surface area contributed by atoms with Crippen molar-refractivity contribution in [1.29, 1.82) is 0 Å². The van der Waals surface area contributed by atoms with Gasteiger partial charge in [0.1, 0.15) is 0 Å². The number of aliphatic hydroxyl groups excluding tert-OH is 1. The van der Waals surface area contributed by atoms with E-state index in [-0.39, 0.29) is 6.10 Å². The summed E-state index contributed by atoms with van der Waals surface area (Å²) in [5, 5.41) is 20.1. The fourth-order valence-electron chi connectivity index (χ4n) is 2.49. The molecule has 0 spiro atoms. The van der Waals surface area contributed by atoms with Crippen LogP contribution in [0.3, 0.4) is 0 Å². The Bertz CT molecular complexity index is 217. The molecule has 0 heterocycles. The first kappa shape index (κ1) is 22.8. The summed E-state index contributed by atoms with van der Waals surface area (Å²) in [4.78, 5) is 0. The standard InChI is InChI=1S/C18H42N4O/c1-2-3-4-5-10-18(23)17-22-16-9-15-21-13-7-6-12-20-14-8-11-19/h18,20-23H,2-17,19H2,1H3. The fraction of sp³-hybridized carbons (Fsp3) is 1.00. The predicted molar refractivity (Wildman–Crippen MR) is 101 cm³/mol. The maximum atomic E-state index is 9.83. The molecule has 23 heavy (non-hydrogen) atoms. The largest absolute Gasteiger partial charge is 0.392 e. The molecular weight excluding hydrogens is 288 g/mol. The van der Waals surface area contributed by atoms with Gasteiger partial charge in [-0.25, -0.2) is 0 Å². The highest BCUT2D eigenvalue weighted by Gasteiger charge is 2.02. The highest BCUT2D eigenvalue weighted by Crippen LogP contribution is 2.04. The average Bonchev–Trinajstić information content (AvgIpc) is 2.56. The van der Waals surface area contributed by atoms with Gasteiger partial charge in [0, 0.05) is 6.54 Å². The van der Waals surface area contributed by atoms with Crippen LogP contribution in [0, 0.1) is 0 Å². The lowest BCUT2D eigenvalue weighted by atomic mass is 10.1. The summed E-state index contributed by atoms with van der Waals surface area (Å²) in [6.45, 7) is 9.00. The lowest BCUT2D eigenvalue weighted by Gasteiger charge is -2.12. The van der Waals surface area contributed by atoms with Crippen molar-refractivity contribution in [1.82, 2.24) is 16.0 Å². The van der Waals surface area contributed by atoms with Gasteiger partial charge >= 0.3 is 0 Å². The molecular formula is C18H42N4O. The highest BCUT2D eigenvalue weighted by molar-refractivity contribution is 4.61. The molecule has 0 aromatic heterocycles. The summed E-state index contributed by atoms with van der Waals surface area (Å²) in [5.74, 6) is 0. The second-order valence-electron chi connectivity index (χ2n) is 6.41. The van der Waals surface area contributed by atoms with Gasteiger partial charge in [-0.15, -0.1) is 0 Å². The normalized spacial score (nSPS) is 12.7. The van der Waals surface area contributed by atoms with Crippen LogP contribution in [0.4, 0.5) is 0 Å². The average molecular weight is 331 g/mol. The van der Waals surface area contributed by atoms with E-state index in [2.05, 4.69) is 22.9 Å². The molecule has 0 saturated heterocycles. The maximum Gasteiger partial charge on any atom is 0.0664 e. The van der Waals surface area contributed by atoms with E-state index in [4.69, 9.17) is 5.73 Å². The lowest BCUT2D eigenvalue weighted by molar-refractivity contribution is 0.158. The number of unbranched alkanes of at least 4 members (excludes halogenated alkanes) is 4. The smallest absolute Gasteiger partial charge is 0.0664 e. The molecule has 0 rings (SSSR count). The Morgan fingerprint density at radius 2 is 1.35 bits per heavy atom. The van der Waals surface area contributed by atoms with Crippen LogP contribution in [-0.2, 0) is 0 Å². The molecule has 6 N–H and O–H groups in total. The number of hydrogen-bond acceptors (Lipinski definition) is 5. The summed E-state index contributed by atoms with van der Waals surface area (Å²) >= 11 is 0. The molecule has 0 aromatic carbocycles. The molecule has 1 atom stereocenters. The molecule has 5 nitrogen and oxygen atoms in total. The minimum atomic E-state index is -0.174. The molecule has 1 unspecified atom stereocenters. The third-order valence-electron chi connectivity index (χ3n) is 3.99. The number of nitrogens with two attached hydrogens (primary N) is 1. The van der Waals surface area contributed by atoms with Crippen molar-refractivity contribution in [3.05, 3.63) is 0 Å². The molecule has 0 aliphatic rings. The molecule has 0 aliphatic heterocycles. The SMILES string of the molecule is CCCCCCC(O)CNCCCNCCCCNCCCN. The van der Waals surface area contributed by atoms with Gasteiger partial charge in [0.25, 0.3) is 0 Å². The number of aliphatic hydroxyl groups is 1. The zero-order valence-electron chi connectivity index (χ0n) is 15.4. The van der Waals surface area contributed by atoms with Gasteiger partial charge in [-0.3, -0.25) is 0 Å². The van der Waals surface area contributed by atoms with E-state index in [1.807, 2.05) is 0 Å². The quantitative estimate of drug-likeness (QED) is 0.232. The lowest BCUT2D eigenvalue weighted by Crippen LogP contribution is -2.29. The van der Waals surface area contributed by atoms with Crippen molar-refractivity contribution in [2.24, 2.45) is 5.73 Å². The maximum absolute atomic E-state index is 9.83. The molecule has 0 aromatic rings. The highest BCUT2D eigenvalue weighted by atomic mass is 16.3. The van der Waals surface area contributed by atoms with Crippen LogP contribution in [0.25, 0.3) is 0 Å². The number of rotatable bonds is 19. The molecule has 0 amide bonds. The molecule has 140 valence electrons. The molecule has 0 saturated carbocycles.